The number of aromatic nitrogens is 1. The highest BCUT2D eigenvalue weighted by Crippen LogP contribution is 2.31. The molecular formula is C23H18BrNO. The standard InChI is InChI=1S/C23H18BrNO/c1-16(17-8-4-2-5-9-17)23(26)21-15-25(19-10-6-3-7-11-19)22-13-12-18(24)14-20(21)22/h2-16H,1H3. The summed E-state index contributed by atoms with van der Waals surface area (Å²) < 4.78 is 3.06. The normalized spacial score (nSPS) is 12.2. The van der Waals surface area contributed by atoms with Crippen molar-refractivity contribution in [2.24, 2.45) is 0 Å². The molecular weight excluding hydrogens is 386 g/mol. The molecule has 2 nitrogen and oxygen atoms in total. The number of rotatable bonds is 4. The van der Waals surface area contributed by atoms with Gasteiger partial charge in [0.05, 0.1) is 5.52 Å². The molecule has 4 aromatic rings. The van der Waals surface area contributed by atoms with Gasteiger partial charge in [0.25, 0.3) is 0 Å². The zero-order valence-corrected chi connectivity index (χ0v) is 16.0. The van der Waals surface area contributed by atoms with Gasteiger partial charge in [-0.1, -0.05) is 71.4 Å². The van der Waals surface area contributed by atoms with Crippen molar-refractivity contribution in [1.29, 1.82) is 0 Å². The lowest BCUT2D eigenvalue weighted by atomic mass is 9.92. The quantitative estimate of drug-likeness (QED) is 0.362. The van der Waals surface area contributed by atoms with Crippen molar-refractivity contribution >= 4 is 32.6 Å². The fourth-order valence-corrected chi connectivity index (χ4v) is 3.69. The number of hydrogen-bond donors (Lipinski definition) is 0. The lowest BCUT2D eigenvalue weighted by molar-refractivity contribution is 0.0967. The summed E-state index contributed by atoms with van der Waals surface area (Å²) in [5, 5.41) is 0.969. The molecule has 0 aliphatic heterocycles. The molecule has 26 heavy (non-hydrogen) atoms. The second kappa shape index (κ2) is 6.93. The van der Waals surface area contributed by atoms with Crippen molar-refractivity contribution in [3.8, 4) is 5.69 Å². The van der Waals surface area contributed by atoms with Crippen LogP contribution in [0.4, 0.5) is 0 Å². The van der Waals surface area contributed by atoms with Gasteiger partial charge >= 0.3 is 0 Å². The van der Waals surface area contributed by atoms with E-state index in [1.165, 1.54) is 0 Å². The number of carbonyl (C=O) groups excluding carboxylic acids is 1. The van der Waals surface area contributed by atoms with Crippen LogP contribution in [-0.4, -0.2) is 10.4 Å². The van der Waals surface area contributed by atoms with E-state index in [4.69, 9.17) is 0 Å². The number of ketones is 1. The third-order valence-corrected chi connectivity index (χ3v) is 5.25. The van der Waals surface area contributed by atoms with Gasteiger partial charge in [0, 0.05) is 33.2 Å². The average molecular weight is 404 g/mol. The Labute approximate surface area is 161 Å². The van der Waals surface area contributed by atoms with Crippen LogP contribution in [0.3, 0.4) is 0 Å². The third-order valence-electron chi connectivity index (χ3n) is 4.76. The number of fused-ring (bicyclic) bond motifs is 1. The summed E-state index contributed by atoms with van der Waals surface area (Å²) in [6.07, 6.45) is 1.97. The topological polar surface area (TPSA) is 22.0 Å². The molecule has 0 fully saturated rings. The van der Waals surface area contributed by atoms with E-state index in [1.807, 2.05) is 73.8 Å². The highest BCUT2D eigenvalue weighted by Gasteiger charge is 2.22. The maximum Gasteiger partial charge on any atom is 0.172 e. The van der Waals surface area contributed by atoms with E-state index in [0.29, 0.717) is 0 Å². The fraction of sp³-hybridized carbons (Fsp3) is 0.0870. The molecule has 0 amide bonds. The molecule has 0 radical (unpaired) electrons. The van der Waals surface area contributed by atoms with Crippen molar-refractivity contribution in [3.05, 3.63) is 101 Å². The van der Waals surface area contributed by atoms with Crippen molar-refractivity contribution < 1.29 is 4.79 Å². The first-order valence-corrected chi connectivity index (χ1v) is 9.39. The monoisotopic (exact) mass is 403 g/mol. The zero-order valence-electron chi connectivity index (χ0n) is 14.4. The van der Waals surface area contributed by atoms with E-state index in [9.17, 15) is 4.79 Å². The van der Waals surface area contributed by atoms with Crippen LogP contribution in [0.25, 0.3) is 16.6 Å². The van der Waals surface area contributed by atoms with Gasteiger partial charge in [0.15, 0.2) is 5.78 Å². The Morgan fingerprint density at radius 2 is 1.58 bits per heavy atom. The van der Waals surface area contributed by atoms with Gasteiger partial charge in [-0.25, -0.2) is 0 Å². The molecule has 0 saturated carbocycles. The first-order valence-electron chi connectivity index (χ1n) is 8.60. The van der Waals surface area contributed by atoms with E-state index in [-0.39, 0.29) is 11.7 Å². The Morgan fingerprint density at radius 1 is 0.923 bits per heavy atom. The second-order valence-corrected chi connectivity index (χ2v) is 7.32. The fourth-order valence-electron chi connectivity index (χ4n) is 3.33. The molecule has 1 heterocycles. The summed E-state index contributed by atoms with van der Waals surface area (Å²) in [6.45, 7) is 1.97. The number of halogens is 1. The molecule has 0 aliphatic carbocycles. The number of nitrogens with zero attached hydrogens (tertiary/aromatic N) is 1. The highest BCUT2D eigenvalue weighted by atomic mass is 79.9. The molecule has 1 aromatic heterocycles. The SMILES string of the molecule is CC(C(=O)c1cn(-c2ccccc2)c2ccc(Br)cc12)c1ccccc1. The van der Waals surface area contributed by atoms with Gasteiger partial charge in [0.2, 0.25) is 0 Å². The van der Waals surface area contributed by atoms with Crippen LogP contribution in [0.15, 0.2) is 89.5 Å². The molecule has 3 aromatic carbocycles. The predicted molar refractivity (Wildman–Crippen MR) is 110 cm³/mol. The third kappa shape index (κ3) is 2.99. The Morgan fingerprint density at radius 3 is 2.27 bits per heavy atom. The molecule has 4 rings (SSSR count). The first kappa shape index (κ1) is 16.8. The van der Waals surface area contributed by atoms with Crippen molar-refractivity contribution in [1.82, 2.24) is 4.57 Å². The maximum absolute atomic E-state index is 13.3. The Balaban J connectivity index is 1.87. The molecule has 0 aliphatic rings. The number of para-hydroxylation sites is 1. The smallest absolute Gasteiger partial charge is 0.172 e. The molecule has 0 bridgehead atoms. The highest BCUT2D eigenvalue weighted by molar-refractivity contribution is 9.10. The summed E-state index contributed by atoms with van der Waals surface area (Å²) in [5.41, 5.74) is 3.86. The van der Waals surface area contributed by atoms with Crippen LogP contribution in [0.2, 0.25) is 0 Å². The number of carbonyl (C=O) groups is 1. The molecule has 0 N–H and O–H groups in total. The van der Waals surface area contributed by atoms with Crippen LogP contribution in [0, 0.1) is 0 Å². The van der Waals surface area contributed by atoms with Gasteiger partial charge in [0.1, 0.15) is 0 Å². The Hall–Kier alpha value is -2.65. The summed E-state index contributed by atoms with van der Waals surface area (Å²) in [7, 11) is 0. The predicted octanol–water partition coefficient (Wildman–Crippen LogP) is 6.38. The molecule has 3 heteroatoms. The van der Waals surface area contributed by atoms with Crippen LogP contribution in [0.1, 0.15) is 28.8 Å². The van der Waals surface area contributed by atoms with Crippen LogP contribution in [0.5, 0.6) is 0 Å². The minimum Gasteiger partial charge on any atom is -0.316 e. The molecule has 0 spiro atoms. The van der Waals surface area contributed by atoms with E-state index in [0.717, 1.165) is 32.2 Å². The van der Waals surface area contributed by atoms with Gasteiger partial charge < -0.3 is 4.57 Å². The molecule has 0 saturated heterocycles. The van der Waals surface area contributed by atoms with E-state index < -0.39 is 0 Å². The molecule has 1 atom stereocenters. The number of Topliss-reactive ketones (excluding diaryl/α,β-unsaturated/α-hetero) is 1. The maximum atomic E-state index is 13.3. The minimum absolute atomic E-state index is 0.133. The van der Waals surface area contributed by atoms with Crippen molar-refractivity contribution in [3.63, 3.8) is 0 Å². The van der Waals surface area contributed by atoms with Crippen molar-refractivity contribution in [2.75, 3.05) is 0 Å². The lowest BCUT2D eigenvalue weighted by Gasteiger charge is -2.10. The van der Waals surface area contributed by atoms with Gasteiger partial charge in [-0.15, -0.1) is 0 Å². The zero-order chi connectivity index (χ0) is 18.1. The van der Waals surface area contributed by atoms with Crippen LogP contribution < -0.4 is 0 Å². The number of benzene rings is 3. The van der Waals surface area contributed by atoms with Crippen molar-refractivity contribution in [2.45, 2.75) is 12.8 Å². The summed E-state index contributed by atoms with van der Waals surface area (Å²) in [6, 6.07) is 26.1. The van der Waals surface area contributed by atoms with E-state index in [2.05, 4.69) is 38.7 Å². The lowest BCUT2D eigenvalue weighted by Crippen LogP contribution is -2.09. The molecule has 128 valence electrons. The first-order chi connectivity index (χ1) is 12.6. The largest absolute Gasteiger partial charge is 0.316 e. The Bertz CT molecular complexity index is 1070. The van der Waals surface area contributed by atoms with Crippen LogP contribution in [-0.2, 0) is 0 Å². The molecule has 1 unspecified atom stereocenters. The van der Waals surface area contributed by atoms with Gasteiger partial charge in [-0.3, -0.25) is 4.79 Å². The number of hydrogen-bond acceptors (Lipinski definition) is 1. The summed E-state index contributed by atoms with van der Waals surface area (Å²) in [4.78, 5) is 13.3. The second-order valence-electron chi connectivity index (χ2n) is 6.41. The average Bonchev–Trinajstić information content (AvgIpc) is 3.07. The Kier molecular flexibility index (Phi) is 4.48. The van der Waals surface area contributed by atoms with E-state index >= 15 is 0 Å². The van der Waals surface area contributed by atoms with Gasteiger partial charge in [-0.05, 0) is 35.9 Å². The summed E-state index contributed by atoms with van der Waals surface area (Å²) in [5.74, 6) is -0.0565. The van der Waals surface area contributed by atoms with E-state index in [1.54, 1.807) is 0 Å². The van der Waals surface area contributed by atoms with Gasteiger partial charge in [-0.2, -0.15) is 0 Å². The minimum atomic E-state index is -0.190. The van der Waals surface area contributed by atoms with Crippen LogP contribution >= 0.6 is 15.9 Å². The summed E-state index contributed by atoms with van der Waals surface area (Å²) >= 11 is 3.54.